The van der Waals surface area contributed by atoms with Gasteiger partial charge in [0, 0.05) is 46.6 Å². The first kappa shape index (κ1) is 38.5. The Kier molecular flexibility index (Phi) is 11.5. The highest BCUT2D eigenvalue weighted by Crippen LogP contribution is 2.39. The van der Waals surface area contributed by atoms with Gasteiger partial charge in [0.1, 0.15) is 42.3 Å². The lowest BCUT2D eigenvalue weighted by molar-refractivity contribution is 0.171. The summed E-state index contributed by atoms with van der Waals surface area (Å²) in [6, 6.07) is 38.0. The van der Waals surface area contributed by atoms with E-state index in [-0.39, 0.29) is 23.3 Å². The molecule has 9 rings (SSSR count). The van der Waals surface area contributed by atoms with Gasteiger partial charge in [-0.1, -0.05) is 72.8 Å². The Hall–Kier alpha value is -6.40. The second kappa shape index (κ2) is 17.4. The zero-order chi connectivity index (χ0) is 40.0. The molecule has 11 heteroatoms. The van der Waals surface area contributed by atoms with Crippen LogP contribution < -0.4 is 35.4 Å². The number of hydrogen-bond donors (Lipinski definition) is 4. The van der Waals surface area contributed by atoms with E-state index in [1.165, 1.54) is 12.1 Å². The summed E-state index contributed by atoms with van der Waals surface area (Å²) in [5.41, 5.74) is 7.19. The smallest absolute Gasteiger partial charge is 0.248 e. The first-order chi connectivity index (χ1) is 28.4. The predicted molar refractivity (Wildman–Crippen MR) is 223 cm³/mol. The normalized spacial score (nSPS) is 15.0. The number of hydrogen-bond acceptors (Lipinski definition) is 9. The standard InChI is InChI=1S/C29H30N2O5.C18H15NO3/c1-34-25-11-12-26(35-2)23-15-19(14-22(23)25)30-16-24(32)20-8-10-27(29-21(20)9-13-28(33)31-29)36-17-18-6-4-3-5-7-18;20-17-9-7-14-13(16-11-22-16)6-8-15(18(14)19-17)21-10-12-4-2-1-3-5-12/h3-13,19,24,30,32H,14-17H2,1-2H3,(H,31,33);1-9,16H,10-11H2,(H,19,20)/t24-;16-/m00/s1. The molecule has 5 aromatic carbocycles. The number of methoxy groups -OCH3 is 2. The fraction of sp³-hybridized carbons (Fsp3) is 0.234. The van der Waals surface area contributed by atoms with Gasteiger partial charge in [0.25, 0.3) is 0 Å². The molecule has 0 radical (unpaired) electrons. The number of aliphatic hydroxyl groups excluding tert-OH is 1. The number of fused-ring (bicyclic) bond motifs is 3. The number of aromatic amines is 2. The summed E-state index contributed by atoms with van der Waals surface area (Å²) in [4.78, 5) is 29.5. The van der Waals surface area contributed by atoms with E-state index in [2.05, 4.69) is 15.3 Å². The molecule has 58 heavy (non-hydrogen) atoms. The molecule has 1 saturated heterocycles. The third-order valence-electron chi connectivity index (χ3n) is 10.6. The van der Waals surface area contributed by atoms with Crippen molar-refractivity contribution in [3.05, 3.63) is 175 Å². The number of pyridine rings is 2. The average Bonchev–Trinajstić information content (AvgIpc) is 4.01. The zero-order valence-electron chi connectivity index (χ0n) is 32.3. The van der Waals surface area contributed by atoms with Gasteiger partial charge < -0.3 is 44.1 Å². The number of aliphatic hydroxyl groups is 1. The molecule has 1 aliphatic heterocycles. The van der Waals surface area contributed by atoms with Crippen LogP contribution in [0.4, 0.5) is 0 Å². The van der Waals surface area contributed by atoms with E-state index in [1.807, 2.05) is 97.1 Å². The number of epoxide rings is 1. The molecule has 2 atom stereocenters. The van der Waals surface area contributed by atoms with Crippen LogP contribution in [0.25, 0.3) is 21.8 Å². The Balaban J connectivity index is 0.000000181. The summed E-state index contributed by atoms with van der Waals surface area (Å²) in [5, 5.41) is 16.4. The molecular formula is C47H45N3O8. The number of benzene rings is 5. The maximum absolute atomic E-state index is 12.1. The minimum atomic E-state index is -0.769. The topological polar surface area (TPSA) is 147 Å². The molecular weight excluding hydrogens is 735 g/mol. The van der Waals surface area contributed by atoms with Crippen molar-refractivity contribution in [1.82, 2.24) is 15.3 Å². The predicted octanol–water partition coefficient (Wildman–Crippen LogP) is 7.09. The van der Waals surface area contributed by atoms with Gasteiger partial charge in [-0.05, 0) is 71.5 Å². The van der Waals surface area contributed by atoms with E-state index in [0.29, 0.717) is 36.8 Å². The highest BCUT2D eigenvalue weighted by molar-refractivity contribution is 5.88. The quantitative estimate of drug-likeness (QED) is 0.0901. The molecule has 0 bridgehead atoms. The third kappa shape index (κ3) is 8.62. The maximum Gasteiger partial charge on any atom is 0.248 e. The number of aromatic nitrogens is 2. The molecule has 296 valence electrons. The van der Waals surface area contributed by atoms with Gasteiger partial charge in [-0.2, -0.15) is 0 Å². The summed E-state index contributed by atoms with van der Waals surface area (Å²) in [5.74, 6) is 2.97. The average molecular weight is 780 g/mol. The Morgan fingerprint density at radius 3 is 1.69 bits per heavy atom. The molecule has 0 spiro atoms. The van der Waals surface area contributed by atoms with Crippen molar-refractivity contribution in [2.75, 3.05) is 27.4 Å². The van der Waals surface area contributed by atoms with Crippen molar-refractivity contribution >= 4 is 21.8 Å². The van der Waals surface area contributed by atoms with Crippen LogP contribution in [0, 0.1) is 0 Å². The van der Waals surface area contributed by atoms with E-state index >= 15 is 0 Å². The zero-order valence-corrected chi connectivity index (χ0v) is 32.3. The van der Waals surface area contributed by atoms with Crippen molar-refractivity contribution in [2.24, 2.45) is 0 Å². The van der Waals surface area contributed by atoms with Crippen molar-refractivity contribution in [3.63, 3.8) is 0 Å². The SMILES string of the molecule is COc1ccc(OC)c2c1CC(NC[C@H](O)c1ccc(OCc3ccccc3)c3[nH]c(=O)ccc13)C2.O=c1ccc2c([C@@H]3CO3)ccc(OCc3ccccc3)c2[nH]1. The number of H-pyrrole nitrogens is 2. The highest BCUT2D eigenvalue weighted by atomic mass is 16.6. The minimum absolute atomic E-state index is 0.133. The van der Waals surface area contributed by atoms with E-state index < -0.39 is 6.10 Å². The number of nitrogens with one attached hydrogen (secondary N) is 3. The van der Waals surface area contributed by atoms with Crippen LogP contribution in [0.2, 0.25) is 0 Å². The molecule has 0 unspecified atom stereocenters. The van der Waals surface area contributed by atoms with Crippen LogP contribution in [0.5, 0.6) is 23.0 Å². The van der Waals surface area contributed by atoms with Crippen LogP contribution in [-0.4, -0.2) is 48.5 Å². The lowest BCUT2D eigenvalue weighted by Crippen LogP contribution is -2.33. The summed E-state index contributed by atoms with van der Waals surface area (Å²) >= 11 is 0. The van der Waals surface area contributed by atoms with Crippen LogP contribution in [0.1, 0.15) is 45.6 Å². The van der Waals surface area contributed by atoms with Crippen LogP contribution in [-0.2, 0) is 30.8 Å². The summed E-state index contributed by atoms with van der Waals surface area (Å²) < 4.78 is 28.4. The monoisotopic (exact) mass is 779 g/mol. The van der Waals surface area contributed by atoms with Gasteiger partial charge in [-0.3, -0.25) is 9.59 Å². The minimum Gasteiger partial charge on any atom is -0.496 e. The summed E-state index contributed by atoms with van der Waals surface area (Å²) in [7, 11) is 3.35. The van der Waals surface area contributed by atoms with E-state index in [1.54, 1.807) is 26.4 Å². The van der Waals surface area contributed by atoms with Crippen LogP contribution in [0.15, 0.2) is 131 Å². The van der Waals surface area contributed by atoms with Crippen molar-refractivity contribution in [3.8, 4) is 23.0 Å². The molecule has 0 saturated carbocycles. The Morgan fingerprint density at radius 2 is 1.16 bits per heavy atom. The molecule has 0 amide bonds. The van der Waals surface area contributed by atoms with Gasteiger partial charge in [-0.15, -0.1) is 0 Å². The van der Waals surface area contributed by atoms with Crippen molar-refractivity contribution in [1.29, 1.82) is 0 Å². The van der Waals surface area contributed by atoms with E-state index in [9.17, 15) is 14.7 Å². The number of ether oxygens (including phenoxy) is 5. The molecule has 1 aliphatic carbocycles. The Labute approximate surface area is 335 Å². The molecule has 11 nitrogen and oxygen atoms in total. The largest absolute Gasteiger partial charge is 0.496 e. The van der Waals surface area contributed by atoms with Gasteiger partial charge >= 0.3 is 0 Å². The van der Waals surface area contributed by atoms with Crippen molar-refractivity contribution in [2.45, 2.75) is 44.3 Å². The first-order valence-electron chi connectivity index (χ1n) is 19.3. The van der Waals surface area contributed by atoms with Gasteiger partial charge in [0.05, 0.1) is 38.0 Å². The second-order valence-corrected chi connectivity index (χ2v) is 14.4. The third-order valence-corrected chi connectivity index (χ3v) is 10.6. The maximum atomic E-state index is 12.1. The van der Waals surface area contributed by atoms with Gasteiger partial charge in [-0.25, -0.2) is 0 Å². The van der Waals surface area contributed by atoms with Crippen LogP contribution in [0.3, 0.4) is 0 Å². The Bertz CT molecular complexity index is 2610. The lowest BCUT2D eigenvalue weighted by Gasteiger charge is -2.19. The second-order valence-electron chi connectivity index (χ2n) is 14.4. The summed E-state index contributed by atoms with van der Waals surface area (Å²) in [6.07, 6.45) is 0.955. The molecule has 1 fully saturated rings. The van der Waals surface area contributed by atoms with Crippen molar-refractivity contribution < 1.29 is 28.8 Å². The van der Waals surface area contributed by atoms with Crippen LogP contribution >= 0.6 is 0 Å². The molecule has 2 aromatic heterocycles. The van der Waals surface area contributed by atoms with E-state index in [4.69, 9.17) is 23.7 Å². The fourth-order valence-corrected chi connectivity index (χ4v) is 7.58. The fourth-order valence-electron chi connectivity index (χ4n) is 7.58. The Morgan fingerprint density at radius 1 is 0.655 bits per heavy atom. The van der Waals surface area contributed by atoms with Gasteiger partial charge in [0.15, 0.2) is 0 Å². The number of rotatable bonds is 13. The first-order valence-corrected chi connectivity index (χ1v) is 19.3. The molecule has 2 aliphatic rings. The lowest BCUT2D eigenvalue weighted by atomic mass is 10.0. The molecule has 7 aromatic rings. The molecule has 4 N–H and O–H groups in total. The van der Waals surface area contributed by atoms with E-state index in [0.717, 1.165) is 80.6 Å². The molecule has 3 heterocycles. The van der Waals surface area contributed by atoms with Gasteiger partial charge in [0.2, 0.25) is 11.1 Å². The summed E-state index contributed by atoms with van der Waals surface area (Å²) in [6.45, 7) is 1.94. The highest BCUT2D eigenvalue weighted by Gasteiger charge is 2.29.